The van der Waals surface area contributed by atoms with Crippen LogP contribution < -0.4 is 5.32 Å². The number of aromatic nitrogens is 2. The maximum absolute atomic E-state index is 5.38. The van der Waals surface area contributed by atoms with E-state index in [0.29, 0.717) is 6.04 Å². The average Bonchev–Trinajstić information content (AvgIpc) is 2.76. The summed E-state index contributed by atoms with van der Waals surface area (Å²) in [5.74, 6) is 0. The number of nitrogens with zero attached hydrogens (tertiary/aromatic N) is 2. The van der Waals surface area contributed by atoms with E-state index in [1.54, 1.807) is 0 Å². The smallest absolute Gasteiger partial charge is 0.0625 e. The van der Waals surface area contributed by atoms with Gasteiger partial charge < -0.3 is 10.1 Å². The summed E-state index contributed by atoms with van der Waals surface area (Å²) < 4.78 is 7.45. The lowest BCUT2D eigenvalue weighted by atomic mass is 10.3. The van der Waals surface area contributed by atoms with Gasteiger partial charge in [0.2, 0.25) is 0 Å². The molecule has 98 valence electrons. The van der Waals surface area contributed by atoms with E-state index in [4.69, 9.17) is 4.74 Å². The number of aryl methyl sites for hydroxylation is 2. The number of nitrogens with one attached hydrogen (secondary N) is 1. The molecule has 0 fully saturated rings. The standard InChI is InChI=1S/C13H25N3O/c1-5-12-8-13(16(6-2)15-12)9-14-11(4)10-17-7-3/h8,11,14H,5-7,9-10H2,1-4H3. The van der Waals surface area contributed by atoms with Crippen LogP contribution >= 0.6 is 0 Å². The van der Waals surface area contributed by atoms with Crippen LogP contribution in [0.15, 0.2) is 6.07 Å². The second-order valence-electron chi connectivity index (χ2n) is 4.24. The molecule has 0 aliphatic rings. The molecule has 0 spiro atoms. The third-order valence-electron chi connectivity index (χ3n) is 2.78. The maximum atomic E-state index is 5.38. The van der Waals surface area contributed by atoms with Gasteiger partial charge in [0.15, 0.2) is 0 Å². The van der Waals surface area contributed by atoms with Crippen molar-refractivity contribution in [1.29, 1.82) is 0 Å². The van der Waals surface area contributed by atoms with Crippen LogP contribution in [-0.4, -0.2) is 29.0 Å². The predicted molar refractivity (Wildman–Crippen MR) is 70.1 cm³/mol. The molecule has 1 heterocycles. The first kappa shape index (κ1) is 14.2. The Kier molecular flexibility index (Phi) is 6.22. The molecular formula is C13H25N3O. The monoisotopic (exact) mass is 239 g/mol. The van der Waals surface area contributed by atoms with Gasteiger partial charge in [0.05, 0.1) is 18.0 Å². The number of rotatable bonds is 8. The fourth-order valence-corrected chi connectivity index (χ4v) is 1.74. The minimum atomic E-state index is 0.375. The largest absolute Gasteiger partial charge is 0.380 e. The molecule has 0 aliphatic carbocycles. The van der Waals surface area contributed by atoms with Gasteiger partial charge in [-0.2, -0.15) is 5.10 Å². The normalized spacial score (nSPS) is 12.9. The van der Waals surface area contributed by atoms with Crippen molar-refractivity contribution in [3.8, 4) is 0 Å². The number of hydrogen-bond acceptors (Lipinski definition) is 3. The molecule has 1 aromatic heterocycles. The van der Waals surface area contributed by atoms with Crippen LogP contribution in [0.5, 0.6) is 0 Å². The molecule has 4 nitrogen and oxygen atoms in total. The fourth-order valence-electron chi connectivity index (χ4n) is 1.74. The third-order valence-corrected chi connectivity index (χ3v) is 2.78. The van der Waals surface area contributed by atoms with Gasteiger partial charge in [-0.1, -0.05) is 6.92 Å². The highest BCUT2D eigenvalue weighted by Crippen LogP contribution is 2.05. The summed E-state index contributed by atoms with van der Waals surface area (Å²) in [7, 11) is 0. The van der Waals surface area contributed by atoms with Crippen molar-refractivity contribution >= 4 is 0 Å². The molecule has 0 amide bonds. The lowest BCUT2D eigenvalue weighted by Gasteiger charge is -2.13. The van der Waals surface area contributed by atoms with Gasteiger partial charge in [0.1, 0.15) is 0 Å². The van der Waals surface area contributed by atoms with Gasteiger partial charge in [-0.05, 0) is 33.3 Å². The van der Waals surface area contributed by atoms with Crippen molar-refractivity contribution in [2.75, 3.05) is 13.2 Å². The molecule has 1 unspecified atom stereocenters. The van der Waals surface area contributed by atoms with Crippen molar-refractivity contribution in [3.05, 3.63) is 17.5 Å². The minimum Gasteiger partial charge on any atom is -0.380 e. The van der Waals surface area contributed by atoms with E-state index >= 15 is 0 Å². The predicted octanol–water partition coefficient (Wildman–Crippen LogP) is 1.98. The first-order chi connectivity index (χ1) is 8.21. The van der Waals surface area contributed by atoms with Crippen molar-refractivity contribution in [2.45, 2.75) is 53.2 Å². The molecular weight excluding hydrogens is 214 g/mol. The first-order valence-electron chi connectivity index (χ1n) is 6.57. The summed E-state index contributed by atoms with van der Waals surface area (Å²) >= 11 is 0. The van der Waals surface area contributed by atoms with E-state index in [-0.39, 0.29) is 0 Å². The highest BCUT2D eigenvalue weighted by molar-refractivity contribution is 5.10. The van der Waals surface area contributed by atoms with E-state index in [9.17, 15) is 0 Å². The van der Waals surface area contributed by atoms with Crippen molar-refractivity contribution < 1.29 is 4.74 Å². The highest BCUT2D eigenvalue weighted by atomic mass is 16.5. The maximum Gasteiger partial charge on any atom is 0.0625 e. The van der Waals surface area contributed by atoms with Crippen LogP contribution in [0.25, 0.3) is 0 Å². The van der Waals surface area contributed by atoms with Gasteiger partial charge >= 0.3 is 0 Å². The average molecular weight is 239 g/mol. The van der Waals surface area contributed by atoms with Gasteiger partial charge in [-0.25, -0.2) is 0 Å². The summed E-state index contributed by atoms with van der Waals surface area (Å²) in [5, 5.41) is 7.99. The molecule has 0 aromatic carbocycles. The minimum absolute atomic E-state index is 0.375. The van der Waals surface area contributed by atoms with Crippen molar-refractivity contribution in [3.63, 3.8) is 0 Å². The van der Waals surface area contributed by atoms with Gasteiger partial charge in [0.25, 0.3) is 0 Å². The van der Waals surface area contributed by atoms with Crippen LogP contribution in [0.2, 0.25) is 0 Å². The Morgan fingerprint density at radius 3 is 2.76 bits per heavy atom. The number of hydrogen-bond donors (Lipinski definition) is 1. The summed E-state index contributed by atoms with van der Waals surface area (Å²) in [5.41, 5.74) is 2.42. The molecule has 0 saturated carbocycles. The summed E-state index contributed by atoms with van der Waals surface area (Å²) in [6.45, 7) is 11.7. The Balaban J connectivity index is 2.47. The Hall–Kier alpha value is -0.870. The Morgan fingerprint density at radius 2 is 2.18 bits per heavy atom. The first-order valence-corrected chi connectivity index (χ1v) is 6.57. The van der Waals surface area contributed by atoms with Crippen molar-refractivity contribution in [2.24, 2.45) is 0 Å². The Bertz CT molecular complexity index is 322. The van der Waals surface area contributed by atoms with E-state index in [2.05, 4.69) is 41.9 Å². The zero-order valence-electron chi connectivity index (χ0n) is 11.5. The molecule has 4 heteroatoms. The van der Waals surface area contributed by atoms with Crippen LogP contribution in [0, 0.1) is 0 Å². The molecule has 1 atom stereocenters. The molecule has 1 N–H and O–H groups in total. The molecule has 0 bridgehead atoms. The van der Waals surface area contributed by atoms with E-state index in [1.165, 1.54) is 11.4 Å². The Labute approximate surface area is 104 Å². The quantitative estimate of drug-likeness (QED) is 0.754. The second kappa shape index (κ2) is 7.45. The van der Waals surface area contributed by atoms with E-state index < -0.39 is 0 Å². The van der Waals surface area contributed by atoms with Crippen LogP contribution in [0.1, 0.15) is 39.1 Å². The molecule has 1 aromatic rings. The van der Waals surface area contributed by atoms with Crippen LogP contribution in [0.4, 0.5) is 0 Å². The zero-order chi connectivity index (χ0) is 12.7. The van der Waals surface area contributed by atoms with Crippen molar-refractivity contribution in [1.82, 2.24) is 15.1 Å². The molecule has 17 heavy (non-hydrogen) atoms. The summed E-state index contributed by atoms with van der Waals surface area (Å²) in [6.07, 6.45) is 0.995. The lowest BCUT2D eigenvalue weighted by Crippen LogP contribution is -2.30. The van der Waals surface area contributed by atoms with Gasteiger partial charge in [0, 0.05) is 25.7 Å². The van der Waals surface area contributed by atoms with E-state index in [0.717, 1.165) is 32.7 Å². The number of ether oxygens (including phenoxy) is 1. The summed E-state index contributed by atoms with van der Waals surface area (Å²) in [4.78, 5) is 0. The topological polar surface area (TPSA) is 39.1 Å². The van der Waals surface area contributed by atoms with Crippen LogP contribution in [0.3, 0.4) is 0 Å². The lowest BCUT2D eigenvalue weighted by molar-refractivity contribution is 0.126. The third kappa shape index (κ3) is 4.48. The molecule has 0 saturated heterocycles. The fraction of sp³-hybridized carbons (Fsp3) is 0.769. The van der Waals surface area contributed by atoms with E-state index in [1.807, 2.05) is 6.92 Å². The highest BCUT2D eigenvalue weighted by Gasteiger charge is 2.07. The zero-order valence-corrected chi connectivity index (χ0v) is 11.5. The van der Waals surface area contributed by atoms with Gasteiger partial charge in [-0.15, -0.1) is 0 Å². The van der Waals surface area contributed by atoms with Gasteiger partial charge in [-0.3, -0.25) is 4.68 Å². The Morgan fingerprint density at radius 1 is 1.41 bits per heavy atom. The molecule has 1 rings (SSSR count). The second-order valence-corrected chi connectivity index (χ2v) is 4.24. The van der Waals surface area contributed by atoms with Crippen LogP contribution in [-0.2, 0) is 24.2 Å². The summed E-state index contributed by atoms with van der Waals surface area (Å²) in [6, 6.07) is 2.56. The SMILES string of the molecule is CCOCC(C)NCc1cc(CC)nn1CC. The molecule has 0 aliphatic heterocycles. The molecule has 0 radical (unpaired) electrons.